The summed E-state index contributed by atoms with van der Waals surface area (Å²) in [6.45, 7) is 0. The van der Waals surface area contributed by atoms with Gasteiger partial charge in [0.2, 0.25) is 0 Å². The topological polar surface area (TPSA) is 25.8 Å². The van der Waals surface area contributed by atoms with Crippen molar-refractivity contribution < 1.29 is 0 Å². The third-order valence-electron chi connectivity index (χ3n) is 0.493. The van der Waals surface area contributed by atoms with E-state index in [-0.39, 0.29) is 5.28 Å². The molecule has 0 bridgehead atoms. The summed E-state index contributed by atoms with van der Waals surface area (Å²) in [6, 6.07) is 0. The molecule has 0 saturated carbocycles. The van der Waals surface area contributed by atoms with Gasteiger partial charge in [0, 0.05) is 0 Å². The van der Waals surface area contributed by atoms with Gasteiger partial charge in [-0.05, 0) is 5.28 Å². The molecular weight excluding hydrogens is 191 g/mol. The molecule has 0 aromatic carbocycles. The van der Waals surface area contributed by atoms with E-state index in [2.05, 4.69) is 38.3 Å². The maximum atomic E-state index is 5.31. The Labute approximate surface area is 60.0 Å². The molecular formula is C4BrClN2-2. The Hall–Kier alpha value is -0.150. The lowest BCUT2D eigenvalue weighted by Crippen LogP contribution is -1.79. The van der Waals surface area contributed by atoms with E-state index in [4.69, 9.17) is 11.6 Å². The number of halogens is 2. The van der Waals surface area contributed by atoms with E-state index < -0.39 is 0 Å². The van der Waals surface area contributed by atoms with Crippen LogP contribution in [0.25, 0.3) is 0 Å². The molecule has 0 aliphatic heterocycles. The first kappa shape index (κ1) is 5.98. The Balaban J connectivity index is 3.03. The van der Waals surface area contributed by atoms with E-state index in [9.17, 15) is 0 Å². The van der Waals surface area contributed by atoms with E-state index in [1.54, 1.807) is 0 Å². The van der Waals surface area contributed by atoms with Gasteiger partial charge in [0.15, 0.2) is 0 Å². The molecule has 0 amide bonds. The quantitative estimate of drug-likeness (QED) is 0.459. The Morgan fingerprint density at radius 1 is 1.38 bits per heavy atom. The van der Waals surface area contributed by atoms with Gasteiger partial charge < -0.3 is 9.97 Å². The molecule has 2 nitrogen and oxygen atoms in total. The van der Waals surface area contributed by atoms with Crippen molar-refractivity contribution in [2.75, 3.05) is 0 Å². The van der Waals surface area contributed by atoms with Crippen LogP contribution in [-0.2, 0) is 0 Å². The highest BCUT2D eigenvalue weighted by molar-refractivity contribution is 9.10. The predicted molar refractivity (Wildman–Crippen MR) is 32.4 cm³/mol. The second-order valence-corrected chi connectivity index (χ2v) is 2.16. The van der Waals surface area contributed by atoms with Gasteiger partial charge in [-0.1, -0.05) is 0 Å². The van der Waals surface area contributed by atoms with Crippen molar-refractivity contribution in [2.24, 2.45) is 0 Å². The molecule has 0 atom stereocenters. The van der Waals surface area contributed by atoms with E-state index in [0.29, 0.717) is 4.47 Å². The van der Waals surface area contributed by atoms with Crippen LogP contribution in [0.15, 0.2) is 4.47 Å². The van der Waals surface area contributed by atoms with Gasteiger partial charge in [0.05, 0.1) is 0 Å². The summed E-state index contributed by atoms with van der Waals surface area (Å²) in [5.41, 5.74) is 0. The van der Waals surface area contributed by atoms with Gasteiger partial charge in [0.1, 0.15) is 0 Å². The lowest BCUT2D eigenvalue weighted by atomic mass is 10.7. The van der Waals surface area contributed by atoms with Gasteiger partial charge >= 0.3 is 0 Å². The van der Waals surface area contributed by atoms with E-state index in [1.807, 2.05) is 0 Å². The lowest BCUT2D eigenvalue weighted by Gasteiger charge is -2.10. The molecule has 0 aliphatic carbocycles. The minimum Gasteiger partial charge on any atom is -0.495 e. The molecule has 0 spiro atoms. The number of nitrogens with zero attached hydrogens (tertiary/aromatic N) is 2. The molecule has 1 aromatic rings. The summed E-state index contributed by atoms with van der Waals surface area (Å²) >= 11 is 8.36. The van der Waals surface area contributed by atoms with Crippen LogP contribution >= 0.6 is 27.5 Å². The van der Waals surface area contributed by atoms with Crippen LogP contribution in [-0.4, -0.2) is 9.97 Å². The maximum absolute atomic E-state index is 5.31. The fourth-order valence-corrected chi connectivity index (χ4v) is 0.502. The summed E-state index contributed by atoms with van der Waals surface area (Å²) < 4.78 is 0.585. The average molecular weight is 191 g/mol. The highest BCUT2D eigenvalue weighted by atomic mass is 79.9. The SMILES string of the molecule is Clc1n[c-]c(Br)[c-]n1. The standard InChI is InChI=1S/C4BrClN2/c5-3-1-7-4(6)8-2-3/q-2. The van der Waals surface area contributed by atoms with Gasteiger partial charge in [0.25, 0.3) is 0 Å². The summed E-state index contributed by atoms with van der Waals surface area (Å²) in [4.78, 5) is 7.06. The second-order valence-electron chi connectivity index (χ2n) is 1.03. The zero-order valence-electron chi connectivity index (χ0n) is 3.65. The predicted octanol–water partition coefficient (Wildman–Crippen LogP) is 1.49. The lowest BCUT2D eigenvalue weighted by molar-refractivity contribution is 1.13. The van der Waals surface area contributed by atoms with Crippen molar-refractivity contribution in [2.45, 2.75) is 0 Å². The van der Waals surface area contributed by atoms with Crippen LogP contribution in [0, 0.1) is 12.4 Å². The molecule has 0 N–H and O–H groups in total. The highest BCUT2D eigenvalue weighted by Crippen LogP contribution is 2.04. The van der Waals surface area contributed by atoms with Crippen LogP contribution in [0.3, 0.4) is 0 Å². The van der Waals surface area contributed by atoms with Crippen molar-refractivity contribution in [3.8, 4) is 0 Å². The fraction of sp³-hybridized carbons (Fsp3) is 0. The molecule has 0 saturated heterocycles. The first-order valence-corrected chi connectivity index (χ1v) is 2.94. The largest absolute Gasteiger partial charge is 0.495 e. The molecule has 1 rings (SSSR count). The van der Waals surface area contributed by atoms with E-state index in [0.717, 1.165) is 0 Å². The first-order chi connectivity index (χ1) is 3.79. The molecule has 0 aliphatic rings. The number of rotatable bonds is 0. The Kier molecular flexibility index (Phi) is 1.81. The molecule has 1 aromatic heterocycles. The minimum absolute atomic E-state index is 0.160. The van der Waals surface area contributed by atoms with Crippen LogP contribution in [0.5, 0.6) is 0 Å². The third-order valence-corrected chi connectivity index (χ3v) is 1.02. The Morgan fingerprint density at radius 3 is 2.25 bits per heavy atom. The molecule has 4 heteroatoms. The molecule has 0 fully saturated rings. The van der Waals surface area contributed by atoms with Crippen molar-refractivity contribution in [3.05, 3.63) is 22.1 Å². The molecule has 8 heavy (non-hydrogen) atoms. The fourth-order valence-electron chi connectivity index (χ4n) is 0.240. The molecule has 42 valence electrons. The van der Waals surface area contributed by atoms with Crippen molar-refractivity contribution >= 4 is 27.5 Å². The smallest absolute Gasteiger partial charge is 0.0218 e. The number of aromatic nitrogens is 2. The monoisotopic (exact) mass is 190 g/mol. The highest BCUT2D eigenvalue weighted by Gasteiger charge is 1.62. The van der Waals surface area contributed by atoms with Crippen LogP contribution in [0.2, 0.25) is 5.28 Å². The minimum atomic E-state index is 0.160. The van der Waals surface area contributed by atoms with E-state index >= 15 is 0 Å². The average Bonchev–Trinajstić information content (AvgIpc) is 1.77. The summed E-state index contributed by atoms with van der Waals surface area (Å²) in [5.74, 6) is 0. The van der Waals surface area contributed by atoms with Crippen LogP contribution in [0.4, 0.5) is 0 Å². The van der Waals surface area contributed by atoms with E-state index in [1.165, 1.54) is 0 Å². The zero-order valence-corrected chi connectivity index (χ0v) is 5.99. The van der Waals surface area contributed by atoms with Crippen LogP contribution in [0.1, 0.15) is 0 Å². The van der Waals surface area contributed by atoms with Gasteiger partial charge in [-0.3, -0.25) is 0 Å². The van der Waals surface area contributed by atoms with Gasteiger partial charge in [-0.15, -0.1) is 15.9 Å². The maximum Gasteiger partial charge on any atom is -0.0218 e. The molecule has 1 heterocycles. The molecule has 0 unspecified atom stereocenters. The van der Waals surface area contributed by atoms with Crippen molar-refractivity contribution in [1.29, 1.82) is 0 Å². The van der Waals surface area contributed by atoms with Gasteiger partial charge in [-0.25, -0.2) is 24.0 Å². The first-order valence-electron chi connectivity index (χ1n) is 1.77. The second kappa shape index (κ2) is 2.42. The zero-order chi connectivity index (χ0) is 5.98. The Morgan fingerprint density at radius 2 is 1.88 bits per heavy atom. The Bertz CT molecular complexity index is 153. The third kappa shape index (κ3) is 1.42. The van der Waals surface area contributed by atoms with Gasteiger partial charge in [-0.2, -0.15) is 4.47 Å². The number of hydrogen-bond acceptors (Lipinski definition) is 2. The summed E-state index contributed by atoms with van der Waals surface area (Å²) in [6.07, 6.45) is 5.03. The number of hydrogen-bond donors (Lipinski definition) is 0. The normalized spacial score (nSPS) is 9.25. The summed E-state index contributed by atoms with van der Waals surface area (Å²) in [7, 11) is 0. The van der Waals surface area contributed by atoms with Crippen LogP contribution < -0.4 is 0 Å². The van der Waals surface area contributed by atoms with Crippen molar-refractivity contribution in [3.63, 3.8) is 0 Å². The van der Waals surface area contributed by atoms with Crippen molar-refractivity contribution in [1.82, 2.24) is 9.97 Å². The molecule has 0 radical (unpaired) electrons. The summed E-state index contributed by atoms with van der Waals surface area (Å²) in [5, 5.41) is 0.160.